The van der Waals surface area contributed by atoms with Gasteiger partial charge in [-0.2, -0.15) is 18.4 Å². The van der Waals surface area contributed by atoms with E-state index in [-0.39, 0.29) is 22.8 Å². The van der Waals surface area contributed by atoms with Crippen LogP contribution < -0.4 is 4.90 Å². The minimum Gasteiger partial charge on any atom is -0.381 e. The highest BCUT2D eigenvalue weighted by Crippen LogP contribution is 2.46. The number of amides is 1. The Balaban J connectivity index is 1.60. The highest BCUT2D eigenvalue weighted by atomic mass is 19.4. The van der Waals surface area contributed by atoms with Gasteiger partial charge in [0.1, 0.15) is 0 Å². The Hall–Kier alpha value is -3.05. The molecule has 0 bridgehead atoms. The second kappa shape index (κ2) is 9.54. The van der Waals surface area contributed by atoms with Crippen LogP contribution in [-0.4, -0.2) is 50.2 Å². The molecule has 1 amide bonds. The van der Waals surface area contributed by atoms with Gasteiger partial charge in [0.25, 0.3) is 5.91 Å². The molecule has 0 aromatic heterocycles. The zero-order valence-corrected chi connectivity index (χ0v) is 20.3. The van der Waals surface area contributed by atoms with E-state index in [1.54, 1.807) is 12.1 Å². The number of hydrogen-bond acceptors (Lipinski definition) is 4. The lowest BCUT2D eigenvalue weighted by Crippen LogP contribution is -2.51. The number of likely N-dealkylation sites (tertiary alicyclic amines) is 1. The van der Waals surface area contributed by atoms with Gasteiger partial charge in [-0.05, 0) is 57.0 Å². The van der Waals surface area contributed by atoms with Gasteiger partial charge >= 0.3 is 6.18 Å². The van der Waals surface area contributed by atoms with Crippen LogP contribution in [-0.2, 0) is 10.9 Å². The summed E-state index contributed by atoms with van der Waals surface area (Å²) in [5.74, 6) is 0.0474. The number of ether oxygens (including phenoxy) is 1. The van der Waals surface area contributed by atoms with Gasteiger partial charge in [-0.1, -0.05) is 17.7 Å². The lowest BCUT2D eigenvalue weighted by molar-refractivity contribution is -0.137. The number of rotatable bonds is 5. The van der Waals surface area contributed by atoms with Gasteiger partial charge in [0.2, 0.25) is 0 Å². The predicted molar refractivity (Wildman–Crippen MR) is 127 cm³/mol. The van der Waals surface area contributed by atoms with Gasteiger partial charge in [0, 0.05) is 55.4 Å². The fourth-order valence-corrected chi connectivity index (χ4v) is 5.49. The summed E-state index contributed by atoms with van der Waals surface area (Å²) in [6.45, 7) is 9.07. The molecular weight excluding hydrogens is 455 g/mol. The molecular formula is C27H30F3N3O2. The molecule has 2 aliphatic rings. The number of carbonyl (C=O) groups is 1. The maximum absolute atomic E-state index is 13.6. The van der Waals surface area contributed by atoms with Gasteiger partial charge in [-0.15, -0.1) is 0 Å². The van der Waals surface area contributed by atoms with E-state index >= 15 is 0 Å². The first-order chi connectivity index (χ1) is 16.6. The highest BCUT2D eigenvalue weighted by Gasteiger charge is 2.50. The Morgan fingerprint density at radius 3 is 2.63 bits per heavy atom. The molecule has 0 saturated carbocycles. The number of hydrogen-bond donors (Lipinski definition) is 0. The summed E-state index contributed by atoms with van der Waals surface area (Å²) in [5.41, 5.74) is 1.61. The molecule has 35 heavy (non-hydrogen) atoms. The summed E-state index contributed by atoms with van der Waals surface area (Å²) >= 11 is 0. The molecule has 0 aliphatic carbocycles. The summed E-state index contributed by atoms with van der Waals surface area (Å²) in [6.07, 6.45) is -3.89. The van der Waals surface area contributed by atoms with Crippen LogP contribution in [0, 0.1) is 36.5 Å². The minimum absolute atomic E-state index is 0.0105. The minimum atomic E-state index is -4.61. The molecule has 0 spiro atoms. The smallest absolute Gasteiger partial charge is 0.381 e. The zero-order chi connectivity index (χ0) is 25.4. The quantitative estimate of drug-likeness (QED) is 0.584. The van der Waals surface area contributed by atoms with E-state index in [9.17, 15) is 18.0 Å². The monoisotopic (exact) mass is 485 g/mol. The van der Waals surface area contributed by atoms with Gasteiger partial charge in [0.05, 0.1) is 23.8 Å². The zero-order valence-electron chi connectivity index (χ0n) is 20.3. The summed E-state index contributed by atoms with van der Waals surface area (Å²) < 4.78 is 46.5. The number of carbonyl (C=O) groups excluding carboxylic acids is 1. The third-order valence-electron chi connectivity index (χ3n) is 7.42. The van der Waals surface area contributed by atoms with Crippen LogP contribution in [0.4, 0.5) is 18.9 Å². The van der Waals surface area contributed by atoms with Crippen molar-refractivity contribution in [2.45, 2.75) is 33.4 Å². The summed E-state index contributed by atoms with van der Waals surface area (Å²) in [6, 6.07) is 11.3. The van der Waals surface area contributed by atoms with Gasteiger partial charge in [0.15, 0.2) is 0 Å². The van der Waals surface area contributed by atoms with Crippen molar-refractivity contribution in [1.82, 2.24) is 4.90 Å². The fourth-order valence-electron chi connectivity index (χ4n) is 5.49. The van der Waals surface area contributed by atoms with E-state index in [0.717, 1.165) is 17.2 Å². The number of nitrogens with zero attached hydrogens (tertiary/aromatic N) is 3. The van der Waals surface area contributed by atoms with E-state index in [2.05, 4.69) is 0 Å². The van der Waals surface area contributed by atoms with Crippen LogP contribution in [0.5, 0.6) is 0 Å². The van der Waals surface area contributed by atoms with Crippen molar-refractivity contribution in [2.24, 2.45) is 11.3 Å². The van der Waals surface area contributed by atoms with E-state index in [4.69, 9.17) is 10.00 Å². The van der Waals surface area contributed by atoms with Crippen molar-refractivity contribution in [1.29, 1.82) is 5.26 Å². The van der Waals surface area contributed by atoms with Crippen molar-refractivity contribution >= 4 is 11.6 Å². The lowest BCUT2D eigenvalue weighted by atomic mass is 9.73. The number of fused-ring (bicyclic) bond motifs is 1. The molecule has 186 valence electrons. The molecule has 2 saturated heterocycles. The topological polar surface area (TPSA) is 56.6 Å². The van der Waals surface area contributed by atoms with E-state index in [1.165, 1.54) is 6.07 Å². The third kappa shape index (κ3) is 4.87. The van der Waals surface area contributed by atoms with E-state index < -0.39 is 11.7 Å². The summed E-state index contributed by atoms with van der Waals surface area (Å²) in [5, 5.41) is 9.14. The van der Waals surface area contributed by atoms with Gasteiger partial charge in [-0.25, -0.2) is 0 Å². The summed E-state index contributed by atoms with van der Waals surface area (Å²) in [7, 11) is 0. The van der Waals surface area contributed by atoms with Gasteiger partial charge in [-0.3, -0.25) is 4.79 Å². The van der Waals surface area contributed by atoms with Crippen LogP contribution in [0.1, 0.15) is 46.0 Å². The first-order valence-corrected chi connectivity index (χ1v) is 11.9. The fraction of sp³-hybridized carbons (Fsp3) is 0.481. The molecule has 2 fully saturated rings. The molecule has 8 heteroatoms. The number of halogens is 3. The highest BCUT2D eigenvalue weighted by molar-refractivity contribution is 5.95. The molecule has 2 atom stereocenters. The number of anilines is 1. The lowest BCUT2D eigenvalue weighted by Gasteiger charge is -2.43. The molecule has 2 heterocycles. The molecule has 0 radical (unpaired) electrons. The van der Waals surface area contributed by atoms with Crippen molar-refractivity contribution < 1.29 is 22.7 Å². The second-order valence-corrected chi connectivity index (χ2v) is 9.74. The third-order valence-corrected chi connectivity index (χ3v) is 7.42. The number of piperidine rings is 1. The molecule has 2 aliphatic heterocycles. The van der Waals surface area contributed by atoms with Crippen LogP contribution in [0.2, 0.25) is 0 Å². The van der Waals surface area contributed by atoms with Crippen molar-refractivity contribution in [3.05, 3.63) is 64.2 Å². The van der Waals surface area contributed by atoms with E-state index in [1.807, 2.05) is 48.8 Å². The Bertz CT molecular complexity index is 1160. The number of nitriles is 1. The van der Waals surface area contributed by atoms with Crippen molar-refractivity contribution in [3.8, 4) is 6.07 Å². The Kier molecular flexibility index (Phi) is 6.83. The van der Waals surface area contributed by atoms with Crippen molar-refractivity contribution in [3.63, 3.8) is 0 Å². The normalized spacial score (nSPS) is 22.1. The van der Waals surface area contributed by atoms with E-state index in [0.29, 0.717) is 57.1 Å². The second-order valence-electron chi connectivity index (χ2n) is 9.74. The summed E-state index contributed by atoms with van der Waals surface area (Å²) in [4.78, 5) is 17.2. The maximum atomic E-state index is 13.6. The Morgan fingerprint density at radius 1 is 1.20 bits per heavy atom. The van der Waals surface area contributed by atoms with Crippen molar-refractivity contribution in [2.75, 3.05) is 44.3 Å². The van der Waals surface area contributed by atoms with Crippen LogP contribution in [0.25, 0.3) is 0 Å². The number of alkyl halides is 3. The Morgan fingerprint density at radius 2 is 1.97 bits per heavy atom. The molecule has 5 nitrogen and oxygen atoms in total. The average molecular weight is 486 g/mol. The standard InChI is InChI=1S/C27H30F3N3O2/c1-4-35-17-26-9-10-32(25(34)23-8-5-18(2)11-19(23)3)14-21(26)15-33(16-26)22-7-6-20(13-31)24(12-22)27(28,29)30/h5-8,11-12,21H,4,9-10,14-17H2,1-3H3/t21-,26+/m1/s1. The maximum Gasteiger partial charge on any atom is 0.417 e. The molecule has 2 aromatic carbocycles. The Labute approximate surface area is 204 Å². The predicted octanol–water partition coefficient (Wildman–Crippen LogP) is 5.20. The van der Waals surface area contributed by atoms with Crippen LogP contribution in [0.3, 0.4) is 0 Å². The van der Waals surface area contributed by atoms with Crippen LogP contribution in [0.15, 0.2) is 36.4 Å². The van der Waals surface area contributed by atoms with Gasteiger partial charge < -0.3 is 14.5 Å². The first-order valence-electron chi connectivity index (χ1n) is 11.9. The number of aryl methyl sites for hydroxylation is 2. The largest absolute Gasteiger partial charge is 0.417 e. The number of benzene rings is 2. The average Bonchev–Trinajstić information content (AvgIpc) is 3.20. The van der Waals surface area contributed by atoms with Crippen LogP contribution >= 0.6 is 0 Å². The molecule has 2 aromatic rings. The molecule has 0 unspecified atom stereocenters. The SMILES string of the molecule is CCOC[C@@]12CCN(C(=O)c3ccc(C)cc3C)C[C@@H]1CN(c1ccc(C#N)c(C(F)(F)F)c1)C2. The molecule has 4 rings (SSSR count). The molecule has 0 N–H and O–H groups in total. The first kappa shape index (κ1) is 25.1.